The molecule has 1 nitrogen and oxygen atoms in total. The third-order valence-corrected chi connectivity index (χ3v) is 4.93. The van der Waals surface area contributed by atoms with Crippen LogP contribution in [-0.2, 0) is 12.3 Å². The molecule has 0 amide bonds. The first kappa shape index (κ1) is 16.4. The summed E-state index contributed by atoms with van der Waals surface area (Å²) in [7, 11) is 0. The lowest BCUT2D eigenvalue weighted by molar-refractivity contribution is 0.669. The molecular weight excluding hydrogens is 298 g/mol. The van der Waals surface area contributed by atoms with Gasteiger partial charge in [0.2, 0.25) is 0 Å². The highest BCUT2D eigenvalue weighted by Gasteiger charge is 2.08. The van der Waals surface area contributed by atoms with Gasteiger partial charge < -0.3 is 5.32 Å². The van der Waals surface area contributed by atoms with Gasteiger partial charge in [0, 0.05) is 17.2 Å². The van der Waals surface area contributed by atoms with E-state index in [2.05, 4.69) is 49.5 Å². The van der Waals surface area contributed by atoms with Crippen molar-refractivity contribution in [2.75, 3.05) is 6.54 Å². The monoisotopic (exact) mass is 319 g/mol. The predicted octanol–water partition coefficient (Wildman–Crippen LogP) is 5.44. The Kier molecular flexibility index (Phi) is 6.62. The molecule has 3 heteroatoms. The molecule has 2 rings (SSSR count). The molecule has 0 aliphatic rings. The standard InChI is InChI=1S/C18H22ClNS/c1-3-10-20-12-16-8-5-9-17(19)18(16)21-13-15-7-4-6-14(2)11-15/h4-9,11,20H,3,10,12-13H2,1-2H3. The Balaban J connectivity index is 2.07. The predicted molar refractivity (Wildman–Crippen MR) is 94.2 cm³/mol. The van der Waals surface area contributed by atoms with Crippen LogP contribution >= 0.6 is 23.4 Å². The molecular formula is C18H22ClNS. The van der Waals surface area contributed by atoms with Gasteiger partial charge in [-0.3, -0.25) is 0 Å². The van der Waals surface area contributed by atoms with Crippen molar-refractivity contribution in [2.45, 2.75) is 37.5 Å². The second kappa shape index (κ2) is 8.47. The minimum absolute atomic E-state index is 0.850. The molecule has 0 saturated carbocycles. The Bertz CT molecular complexity index is 583. The second-order valence-electron chi connectivity index (χ2n) is 5.18. The summed E-state index contributed by atoms with van der Waals surface area (Å²) in [5.74, 6) is 0.951. The maximum Gasteiger partial charge on any atom is 0.0545 e. The van der Waals surface area contributed by atoms with E-state index in [0.717, 1.165) is 30.3 Å². The minimum Gasteiger partial charge on any atom is -0.313 e. The summed E-state index contributed by atoms with van der Waals surface area (Å²) >= 11 is 8.21. The summed E-state index contributed by atoms with van der Waals surface area (Å²) in [6.07, 6.45) is 1.15. The van der Waals surface area contributed by atoms with Gasteiger partial charge in [-0.25, -0.2) is 0 Å². The molecule has 112 valence electrons. The van der Waals surface area contributed by atoms with Gasteiger partial charge in [0.05, 0.1) is 5.02 Å². The van der Waals surface area contributed by atoms with Crippen LogP contribution in [0.3, 0.4) is 0 Å². The Morgan fingerprint density at radius 3 is 2.71 bits per heavy atom. The molecule has 0 saturated heterocycles. The van der Waals surface area contributed by atoms with Crippen LogP contribution in [0.1, 0.15) is 30.0 Å². The first-order valence-electron chi connectivity index (χ1n) is 7.37. The summed E-state index contributed by atoms with van der Waals surface area (Å²) < 4.78 is 0. The van der Waals surface area contributed by atoms with Gasteiger partial charge in [-0.15, -0.1) is 11.8 Å². The van der Waals surface area contributed by atoms with Crippen molar-refractivity contribution in [1.29, 1.82) is 0 Å². The summed E-state index contributed by atoms with van der Waals surface area (Å²) in [6, 6.07) is 14.8. The molecule has 0 aliphatic heterocycles. The van der Waals surface area contributed by atoms with Gasteiger partial charge >= 0.3 is 0 Å². The molecule has 0 aliphatic carbocycles. The van der Waals surface area contributed by atoms with Gasteiger partial charge in [0.1, 0.15) is 0 Å². The van der Waals surface area contributed by atoms with E-state index in [4.69, 9.17) is 11.6 Å². The van der Waals surface area contributed by atoms with Gasteiger partial charge in [-0.05, 0) is 37.1 Å². The van der Waals surface area contributed by atoms with E-state index < -0.39 is 0 Å². The normalized spacial score (nSPS) is 10.8. The van der Waals surface area contributed by atoms with Crippen molar-refractivity contribution in [2.24, 2.45) is 0 Å². The lowest BCUT2D eigenvalue weighted by atomic mass is 10.2. The van der Waals surface area contributed by atoms with Crippen LogP contribution in [0.25, 0.3) is 0 Å². The minimum atomic E-state index is 0.850. The maximum atomic E-state index is 6.39. The van der Waals surface area contributed by atoms with Crippen LogP contribution in [0.15, 0.2) is 47.4 Å². The van der Waals surface area contributed by atoms with E-state index in [0.29, 0.717) is 0 Å². The molecule has 0 bridgehead atoms. The lowest BCUT2D eigenvalue weighted by Crippen LogP contribution is -2.14. The quantitative estimate of drug-likeness (QED) is 0.538. The summed E-state index contributed by atoms with van der Waals surface area (Å²) in [6.45, 7) is 6.22. The number of halogens is 1. The largest absolute Gasteiger partial charge is 0.313 e. The van der Waals surface area contributed by atoms with Crippen LogP contribution in [0.4, 0.5) is 0 Å². The Morgan fingerprint density at radius 2 is 1.95 bits per heavy atom. The zero-order chi connectivity index (χ0) is 15.1. The van der Waals surface area contributed by atoms with Crippen molar-refractivity contribution >= 4 is 23.4 Å². The van der Waals surface area contributed by atoms with Crippen molar-refractivity contribution < 1.29 is 0 Å². The molecule has 0 heterocycles. The summed E-state index contributed by atoms with van der Waals surface area (Å²) in [5.41, 5.74) is 3.93. The number of hydrogen-bond donors (Lipinski definition) is 1. The van der Waals surface area contributed by atoms with Crippen molar-refractivity contribution in [3.05, 3.63) is 64.2 Å². The molecule has 2 aromatic carbocycles. The number of aryl methyl sites for hydroxylation is 1. The lowest BCUT2D eigenvalue weighted by Gasteiger charge is -2.12. The maximum absolute atomic E-state index is 6.39. The second-order valence-corrected chi connectivity index (χ2v) is 6.58. The van der Waals surface area contributed by atoms with Crippen molar-refractivity contribution in [3.8, 4) is 0 Å². The van der Waals surface area contributed by atoms with E-state index in [1.165, 1.54) is 21.6 Å². The first-order chi connectivity index (χ1) is 10.2. The molecule has 0 fully saturated rings. The summed E-state index contributed by atoms with van der Waals surface area (Å²) in [5, 5.41) is 4.30. The molecule has 0 spiro atoms. The van der Waals surface area contributed by atoms with Crippen LogP contribution in [0, 0.1) is 6.92 Å². The first-order valence-corrected chi connectivity index (χ1v) is 8.73. The molecule has 0 aromatic heterocycles. The fourth-order valence-corrected chi connectivity index (χ4v) is 3.59. The topological polar surface area (TPSA) is 12.0 Å². The highest BCUT2D eigenvalue weighted by molar-refractivity contribution is 7.98. The molecule has 21 heavy (non-hydrogen) atoms. The van der Waals surface area contributed by atoms with Crippen LogP contribution in [0.5, 0.6) is 0 Å². The third-order valence-electron chi connectivity index (χ3n) is 3.26. The molecule has 0 atom stereocenters. The van der Waals surface area contributed by atoms with Crippen LogP contribution in [-0.4, -0.2) is 6.54 Å². The number of nitrogens with one attached hydrogen (secondary N) is 1. The number of thioether (sulfide) groups is 1. The SMILES string of the molecule is CCCNCc1cccc(Cl)c1SCc1cccc(C)c1. The summed E-state index contributed by atoms with van der Waals surface area (Å²) in [4.78, 5) is 1.20. The van der Waals surface area contributed by atoms with E-state index in [1.54, 1.807) is 0 Å². The van der Waals surface area contributed by atoms with E-state index >= 15 is 0 Å². The highest BCUT2D eigenvalue weighted by atomic mass is 35.5. The average Bonchev–Trinajstić information content (AvgIpc) is 2.47. The highest BCUT2D eigenvalue weighted by Crippen LogP contribution is 2.33. The molecule has 0 unspecified atom stereocenters. The Hall–Kier alpha value is -0.960. The molecule has 2 aromatic rings. The fraction of sp³-hybridized carbons (Fsp3) is 0.333. The van der Waals surface area contributed by atoms with Gasteiger partial charge in [0.15, 0.2) is 0 Å². The van der Waals surface area contributed by atoms with E-state index in [-0.39, 0.29) is 0 Å². The van der Waals surface area contributed by atoms with Crippen molar-refractivity contribution in [3.63, 3.8) is 0 Å². The number of hydrogen-bond acceptors (Lipinski definition) is 2. The Labute approximate surface area is 137 Å². The van der Waals surface area contributed by atoms with E-state index in [9.17, 15) is 0 Å². The van der Waals surface area contributed by atoms with Gasteiger partial charge in [0.25, 0.3) is 0 Å². The number of rotatable bonds is 7. The zero-order valence-electron chi connectivity index (χ0n) is 12.7. The van der Waals surface area contributed by atoms with E-state index in [1.807, 2.05) is 23.9 Å². The van der Waals surface area contributed by atoms with Crippen LogP contribution in [0.2, 0.25) is 5.02 Å². The average molecular weight is 320 g/mol. The Morgan fingerprint density at radius 1 is 1.14 bits per heavy atom. The fourth-order valence-electron chi connectivity index (χ4n) is 2.21. The van der Waals surface area contributed by atoms with Gasteiger partial charge in [-0.1, -0.05) is 60.5 Å². The third kappa shape index (κ3) is 5.06. The zero-order valence-corrected chi connectivity index (χ0v) is 14.2. The van der Waals surface area contributed by atoms with Crippen molar-refractivity contribution in [1.82, 2.24) is 5.32 Å². The van der Waals surface area contributed by atoms with Gasteiger partial charge in [-0.2, -0.15) is 0 Å². The number of benzene rings is 2. The molecule has 0 radical (unpaired) electrons. The smallest absolute Gasteiger partial charge is 0.0545 e. The van der Waals surface area contributed by atoms with Crippen LogP contribution < -0.4 is 5.32 Å². The molecule has 1 N–H and O–H groups in total.